The summed E-state index contributed by atoms with van der Waals surface area (Å²) in [5.74, 6) is 0.562. The molecule has 3 nitrogen and oxygen atoms in total. The predicted molar refractivity (Wildman–Crippen MR) is 72.7 cm³/mol. The molecule has 0 saturated carbocycles. The van der Waals surface area contributed by atoms with Crippen molar-refractivity contribution in [3.8, 4) is 5.88 Å². The van der Waals surface area contributed by atoms with Crippen LogP contribution in [0, 0.1) is 0 Å². The fourth-order valence-corrected chi connectivity index (χ4v) is 1.90. The van der Waals surface area contributed by atoms with Gasteiger partial charge in [0.2, 0.25) is 5.88 Å². The topological polar surface area (TPSA) is 42.4 Å². The quantitative estimate of drug-likeness (QED) is 0.794. The van der Waals surface area contributed by atoms with E-state index in [1.807, 2.05) is 30.3 Å². The maximum absolute atomic E-state index is 9.36. The molecule has 0 saturated heterocycles. The number of aromatic nitrogens is 1. The van der Waals surface area contributed by atoms with Crippen molar-refractivity contribution in [2.24, 2.45) is 0 Å². The SMILES string of the molecule is CCCCCOc1nc2ccccc2cc1CO. The average molecular weight is 245 g/mol. The lowest BCUT2D eigenvalue weighted by atomic mass is 10.1. The molecule has 0 spiro atoms. The normalized spacial score (nSPS) is 10.8. The molecule has 0 atom stereocenters. The van der Waals surface area contributed by atoms with Gasteiger partial charge in [0.25, 0.3) is 0 Å². The fraction of sp³-hybridized carbons (Fsp3) is 0.400. The third kappa shape index (κ3) is 2.99. The van der Waals surface area contributed by atoms with E-state index in [4.69, 9.17) is 4.74 Å². The molecule has 3 heteroatoms. The van der Waals surface area contributed by atoms with Crippen LogP contribution in [0.4, 0.5) is 0 Å². The summed E-state index contributed by atoms with van der Waals surface area (Å²) in [5.41, 5.74) is 1.66. The van der Waals surface area contributed by atoms with Gasteiger partial charge in [-0.15, -0.1) is 0 Å². The minimum atomic E-state index is -0.0407. The van der Waals surface area contributed by atoms with Gasteiger partial charge in [0.15, 0.2) is 0 Å². The summed E-state index contributed by atoms with van der Waals surface area (Å²) in [6.45, 7) is 2.78. The zero-order valence-corrected chi connectivity index (χ0v) is 10.7. The number of hydrogen-bond donors (Lipinski definition) is 1. The van der Waals surface area contributed by atoms with Crippen LogP contribution in [0.15, 0.2) is 30.3 Å². The second-order valence-electron chi connectivity index (χ2n) is 4.36. The summed E-state index contributed by atoms with van der Waals surface area (Å²) in [5, 5.41) is 10.4. The molecule has 0 bridgehead atoms. The first kappa shape index (κ1) is 12.8. The predicted octanol–water partition coefficient (Wildman–Crippen LogP) is 3.30. The lowest BCUT2D eigenvalue weighted by Crippen LogP contribution is -2.02. The number of para-hydroxylation sites is 1. The Morgan fingerprint density at radius 3 is 2.83 bits per heavy atom. The number of fused-ring (bicyclic) bond motifs is 1. The minimum absolute atomic E-state index is 0.0407. The van der Waals surface area contributed by atoms with Crippen LogP contribution in [-0.4, -0.2) is 16.7 Å². The maximum Gasteiger partial charge on any atom is 0.219 e. The molecule has 0 aliphatic carbocycles. The Bertz CT molecular complexity index is 511. The van der Waals surface area contributed by atoms with E-state index in [0.29, 0.717) is 12.5 Å². The van der Waals surface area contributed by atoms with Crippen molar-refractivity contribution < 1.29 is 9.84 Å². The molecule has 1 heterocycles. The van der Waals surface area contributed by atoms with E-state index in [2.05, 4.69) is 11.9 Å². The lowest BCUT2D eigenvalue weighted by molar-refractivity contribution is 0.255. The van der Waals surface area contributed by atoms with Crippen molar-refractivity contribution in [3.05, 3.63) is 35.9 Å². The van der Waals surface area contributed by atoms with E-state index in [0.717, 1.165) is 29.3 Å². The molecule has 18 heavy (non-hydrogen) atoms. The molecular weight excluding hydrogens is 226 g/mol. The Kier molecular flexibility index (Phi) is 4.53. The minimum Gasteiger partial charge on any atom is -0.477 e. The van der Waals surface area contributed by atoms with Gasteiger partial charge in [0.05, 0.1) is 18.7 Å². The molecule has 96 valence electrons. The van der Waals surface area contributed by atoms with Gasteiger partial charge in [0, 0.05) is 10.9 Å². The molecule has 0 radical (unpaired) electrons. The fourth-order valence-electron chi connectivity index (χ4n) is 1.90. The number of ether oxygens (including phenoxy) is 1. The highest BCUT2D eigenvalue weighted by atomic mass is 16.5. The standard InChI is InChI=1S/C15H19NO2/c1-2-3-6-9-18-15-13(11-17)10-12-7-4-5-8-14(12)16-15/h4-5,7-8,10,17H,2-3,6,9,11H2,1H3. The van der Waals surface area contributed by atoms with Crippen LogP contribution < -0.4 is 4.74 Å². The summed E-state index contributed by atoms with van der Waals surface area (Å²) in [6, 6.07) is 9.80. The van der Waals surface area contributed by atoms with E-state index >= 15 is 0 Å². The number of nitrogens with zero attached hydrogens (tertiary/aromatic N) is 1. The zero-order chi connectivity index (χ0) is 12.8. The van der Waals surface area contributed by atoms with Gasteiger partial charge in [-0.3, -0.25) is 0 Å². The van der Waals surface area contributed by atoms with Crippen LogP contribution >= 0.6 is 0 Å². The number of pyridine rings is 1. The Hall–Kier alpha value is -1.61. The van der Waals surface area contributed by atoms with Crippen LogP contribution in [0.2, 0.25) is 0 Å². The highest BCUT2D eigenvalue weighted by Gasteiger charge is 2.07. The van der Waals surface area contributed by atoms with Crippen molar-refractivity contribution in [1.82, 2.24) is 4.98 Å². The summed E-state index contributed by atoms with van der Waals surface area (Å²) in [7, 11) is 0. The smallest absolute Gasteiger partial charge is 0.219 e. The van der Waals surface area contributed by atoms with Gasteiger partial charge in [-0.1, -0.05) is 38.0 Å². The summed E-state index contributed by atoms with van der Waals surface area (Å²) >= 11 is 0. The number of hydrogen-bond acceptors (Lipinski definition) is 3. The molecule has 0 fully saturated rings. The van der Waals surface area contributed by atoms with Gasteiger partial charge >= 0.3 is 0 Å². The first-order valence-electron chi connectivity index (χ1n) is 6.47. The maximum atomic E-state index is 9.36. The van der Waals surface area contributed by atoms with Crippen molar-refractivity contribution in [2.45, 2.75) is 32.8 Å². The summed E-state index contributed by atoms with van der Waals surface area (Å²) < 4.78 is 5.67. The first-order chi connectivity index (χ1) is 8.85. The highest BCUT2D eigenvalue weighted by Crippen LogP contribution is 2.22. The number of benzene rings is 1. The molecule has 0 unspecified atom stereocenters. The van der Waals surface area contributed by atoms with Crippen LogP contribution in [0.25, 0.3) is 10.9 Å². The van der Waals surface area contributed by atoms with Crippen molar-refractivity contribution in [2.75, 3.05) is 6.61 Å². The highest BCUT2D eigenvalue weighted by molar-refractivity contribution is 5.79. The van der Waals surface area contributed by atoms with Gasteiger partial charge in [-0.2, -0.15) is 0 Å². The van der Waals surface area contributed by atoms with E-state index in [1.165, 1.54) is 6.42 Å². The number of aliphatic hydroxyl groups excluding tert-OH is 1. The van der Waals surface area contributed by atoms with Gasteiger partial charge < -0.3 is 9.84 Å². The van der Waals surface area contributed by atoms with E-state index < -0.39 is 0 Å². The molecule has 2 aromatic rings. The lowest BCUT2D eigenvalue weighted by Gasteiger charge is -2.10. The van der Waals surface area contributed by atoms with Crippen molar-refractivity contribution in [1.29, 1.82) is 0 Å². The molecular formula is C15H19NO2. The van der Waals surface area contributed by atoms with Gasteiger partial charge in [-0.25, -0.2) is 4.98 Å². The van der Waals surface area contributed by atoms with E-state index in [-0.39, 0.29) is 6.61 Å². The second kappa shape index (κ2) is 6.36. The Morgan fingerprint density at radius 2 is 2.06 bits per heavy atom. The number of aliphatic hydroxyl groups is 1. The van der Waals surface area contributed by atoms with Gasteiger partial charge in [-0.05, 0) is 18.6 Å². The van der Waals surface area contributed by atoms with Crippen molar-refractivity contribution in [3.63, 3.8) is 0 Å². The summed E-state index contributed by atoms with van der Waals surface area (Å²) in [6.07, 6.45) is 3.35. The molecule has 1 N–H and O–H groups in total. The number of rotatable bonds is 6. The zero-order valence-electron chi connectivity index (χ0n) is 10.7. The number of unbranched alkanes of at least 4 members (excludes halogenated alkanes) is 2. The molecule has 2 rings (SSSR count). The molecule has 0 aliphatic heterocycles. The largest absolute Gasteiger partial charge is 0.477 e. The van der Waals surface area contributed by atoms with Gasteiger partial charge in [0.1, 0.15) is 0 Å². The Balaban J connectivity index is 2.19. The van der Waals surface area contributed by atoms with Crippen molar-refractivity contribution >= 4 is 10.9 Å². The second-order valence-corrected chi connectivity index (χ2v) is 4.36. The Morgan fingerprint density at radius 1 is 1.22 bits per heavy atom. The third-order valence-corrected chi connectivity index (χ3v) is 2.92. The van der Waals surface area contributed by atoms with Crippen LogP contribution in [0.5, 0.6) is 5.88 Å². The summed E-state index contributed by atoms with van der Waals surface area (Å²) in [4.78, 5) is 4.46. The van der Waals surface area contributed by atoms with Crippen LogP contribution in [0.3, 0.4) is 0 Å². The van der Waals surface area contributed by atoms with Crippen LogP contribution in [0.1, 0.15) is 31.7 Å². The molecule has 1 aromatic carbocycles. The van der Waals surface area contributed by atoms with E-state index in [9.17, 15) is 5.11 Å². The molecule has 0 aliphatic rings. The average Bonchev–Trinajstić information content (AvgIpc) is 2.42. The van der Waals surface area contributed by atoms with Crippen LogP contribution in [-0.2, 0) is 6.61 Å². The first-order valence-corrected chi connectivity index (χ1v) is 6.47. The third-order valence-electron chi connectivity index (χ3n) is 2.92. The van der Waals surface area contributed by atoms with E-state index in [1.54, 1.807) is 0 Å². The molecule has 0 amide bonds. The monoisotopic (exact) mass is 245 g/mol. The molecule has 1 aromatic heterocycles. The Labute approximate surface area is 107 Å².